The maximum absolute atomic E-state index is 14.3. The minimum Gasteiger partial charge on any atom is -0.489 e. The van der Waals surface area contributed by atoms with Crippen LogP contribution in [0.3, 0.4) is 0 Å². The number of ether oxygens (including phenoxy) is 1. The molecule has 0 amide bonds. The van der Waals surface area contributed by atoms with Gasteiger partial charge in [-0.2, -0.15) is 13.2 Å². The van der Waals surface area contributed by atoms with Crippen molar-refractivity contribution in [1.29, 1.82) is 0 Å². The van der Waals surface area contributed by atoms with E-state index in [2.05, 4.69) is 0 Å². The Kier molecular flexibility index (Phi) is 6.55. The van der Waals surface area contributed by atoms with Gasteiger partial charge in [0.2, 0.25) is 0 Å². The molecule has 2 aromatic rings. The van der Waals surface area contributed by atoms with Gasteiger partial charge in [-0.25, -0.2) is 13.6 Å². The molecule has 178 valence electrons. The van der Waals surface area contributed by atoms with E-state index < -0.39 is 41.5 Å². The van der Waals surface area contributed by atoms with Gasteiger partial charge in [0.15, 0.2) is 0 Å². The quantitative estimate of drug-likeness (QED) is 0.481. The summed E-state index contributed by atoms with van der Waals surface area (Å²) in [5, 5.41) is 8.88. The maximum atomic E-state index is 14.3. The minimum absolute atomic E-state index is 0.0411. The molecule has 33 heavy (non-hydrogen) atoms. The van der Waals surface area contributed by atoms with E-state index in [1.54, 1.807) is 0 Å². The Hall–Kier alpha value is -2.39. The van der Waals surface area contributed by atoms with Crippen molar-refractivity contribution in [3.8, 4) is 5.75 Å². The molecular formula is C23H21ClF5NO3. The second-order valence-electron chi connectivity index (χ2n) is 8.44. The Bertz CT molecular complexity index is 1060. The highest BCUT2D eigenvalue weighted by molar-refractivity contribution is 6.31. The van der Waals surface area contributed by atoms with E-state index in [9.17, 15) is 31.9 Å². The zero-order chi connectivity index (χ0) is 23.9. The van der Waals surface area contributed by atoms with E-state index in [0.717, 1.165) is 37.1 Å². The number of halogens is 6. The third-order valence-electron chi connectivity index (χ3n) is 5.98. The zero-order valence-corrected chi connectivity index (χ0v) is 18.1. The van der Waals surface area contributed by atoms with E-state index in [1.807, 2.05) is 0 Å². The molecule has 0 spiro atoms. The summed E-state index contributed by atoms with van der Waals surface area (Å²) >= 11 is 5.95. The predicted molar refractivity (Wildman–Crippen MR) is 111 cm³/mol. The second-order valence-corrected chi connectivity index (χ2v) is 8.84. The summed E-state index contributed by atoms with van der Waals surface area (Å²) in [6, 6.07) is 3.03. The number of hydrogen-bond acceptors (Lipinski definition) is 3. The highest BCUT2D eigenvalue weighted by Crippen LogP contribution is 2.46. The van der Waals surface area contributed by atoms with Crippen molar-refractivity contribution in [2.75, 3.05) is 13.1 Å². The van der Waals surface area contributed by atoms with Crippen LogP contribution < -0.4 is 4.74 Å². The van der Waals surface area contributed by atoms with Crippen LogP contribution in [0.15, 0.2) is 30.3 Å². The number of benzene rings is 2. The number of hydrogen-bond donors (Lipinski definition) is 1. The Morgan fingerprint density at radius 1 is 1.15 bits per heavy atom. The smallest absolute Gasteiger partial charge is 0.408 e. The predicted octanol–water partition coefficient (Wildman–Crippen LogP) is 6.34. The second kappa shape index (κ2) is 9.10. The molecule has 10 heteroatoms. The van der Waals surface area contributed by atoms with E-state index in [0.29, 0.717) is 18.4 Å². The van der Waals surface area contributed by atoms with Crippen molar-refractivity contribution in [2.45, 2.75) is 49.9 Å². The lowest BCUT2D eigenvalue weighted by Crippen LogP contribution is -2.47. The fourth-order valence-corrected chi connectivity index (χ4v) is 4.60. The molecule has 0 aromatic heterocycles. The summed E-state index contributed by atoms with van der Waals surface area (Å²) in [5.74, 6) is -2.88. The van der Waals surface area contributed by atoms with Crippen LogP contribution in [0.2, 0.25) is 5.02 Å². The number of carboxylic acid groups (broad SMARTS) is 1. The summed E-state index contributed by atoms with van der Waals surface area (Å²) in [5.41, 5.74) is -0.153. The molecule has 1 saturated carbocycles. The zero-order valence-electron chi connectivity index (χ0n) is 17.3. The summed E-state index contributed by atoms with van der Waals surface area (Å²) < 4.78 is 75.8. The van der Waals surface area contributed by atoms with Gasteiger partial charge in [-0.15, -0.1) is 0 Å². The fraction of sp³-hybridized carbons (Fsp3) is 0.435. The number of rotatable bonds is 6. The molecule has 2 aliphatic rings. The average Bonchev–Trinajstić information content (AvgIpc) is 3.54. The van der Waals surface area contributed by atoms with Crippen LogP contribution >= 0.6 is 11.6 Å². The number of carboxylic acids is 1. The van der Waals surface area contributed by atoms with Gasteiger partial charge in [0.1, 0.15) is 29.5 Å². The highest BCUT2D eigenvalue weighted by atomic mass is 35.5. The lowest BCUT2D eigenvalue weighted by Gasteiger charge is -2.39. The van der Waals surface area contributed by atoms with Gasteiger partial charge in [0, 0.05) is 17.6 Å². The Morgan fingerprint density at radius 2 is 1.88 bits per heavy atom. The third-order valence-corrected chi connectivity index (χ3v) is 6.31. The molecule has 1 unspecified atom stereocenters. The Morgan fingerprint density at radius 3 is 2.48 bits per heavy atom. The van der Waals surface area contributed by atoms with Gasteiger partial charge < -0.3 is 9.84 Å². The monoisotopic (exact) mass is 489 g/mol. The maximum Gasteiger partial charge on any atom is 0.408 e. The van der Waals surface area contributed by atoms with Crippen molar-refractivity contribution in [1.82, 2.24) is 4.90 Å². The van der Waals surface area contributed by atoms with Gasteiger partial charge in [0.25, 0.3) is 0 Å². The molecule has 1 N–H and O–H groups in total. The number of nitrogens with zero attached hydrogens (tertiary/aromatic N) is 1. The first-order valence-corrected chi connectivity index (χ1v) is 10.9. The van der Waals surface area contributed by atoms with Crippen molar-refractivity contribution in [2.24, 2.45) is 0 Å². The van der Waals surface area contributed by atoms with Gasteiger partial charge in [-0.3, -0.25) is 4.90 Å². The fourth-order valence-electron chi connectivity index (χ4n) is 4.33. The molecule has 0 bridgehead atoms. The van der Waals surface area contributed by atoms with Gasteiger partial charge in [0.05, 0.1) is 5.56 Å². The van der Waals surface area contributed by atoms with Crippen LogP contribution in [0.25, 0.3) is 0 Å². The Balaban J connectivity index is 1.59. The minimum atomic E-state index is -4.67. The van der Waals surface area contributed by atoms with Crippen LogP contribution in [0.5, 0.6) is 5.75 Å². The molecule has 1 aliphatic heterocycles. The van der Waals surface area contributed by atoms with Crippen LogP contribution in [0.4, 0.5) is 22.0 Å². The molecule has 0 radical (unpaired) electrons. The number of piperidine rings is 1. The van der Waals surface area contributed by atoms with Crippen LogP contribution in [0.1, 0.15) is 59.1 Å². The summed E-state index contributed by atoms with van der Waals surface area (Å²) in [6.07, 6.45) is -2.89. The normalized spacial score (nSPS) is 20.5. The van der Waals surface area contributed by atoms with E-state index in [4.69, 9.17) is 16.3 Å². The first kappa shape index (κ1) is 23.8. The molecule has 4 rings (SSSR count). The van der Waals surface area contributed by atoms with Crippen molar-refractivity contribution in [3.05, 3.63) is 63.7 Å². The van der Waals surface area contributed by atoms with Gasteiger partial charge in [-0.05, 0) is 67.5 Å². The first-order chi connectivity index (χ1) is 15.5. The van der Waals surface area contributed by atoms with E-state index in [-0.39, 0.29) is 35.3 Å². The van der Waals surface area contributed by atoms with Crippen LogP contribution in [-0.4, -0.2) is 41.3 Å². The summed E-state index contributed by atoms with van der Waals surface area (Å²) in [4.78, 5) is 12.5. The summed E-state index contributed by atoms with van der Waals surface area (Å²) in [6.45, 7) is 0.0177. The molecule has 1 heterocycles. The molecule has 2 atom stereocenters. The van der Waals surface area contributed by atoms with Crippen LogP contribution in [0, 0.1) is 11.6 Å². The standard InChI is InChI=1S/C23H21ClF5NO3/c24-18-8-13(25)5-6-15(18)21(23(27,28)29)30-7-1-2-14(11-30)33-20-10-19(26)17(22(31)32)9-16(20)12-3-4-12/h5-6,8-10,12,14,21H,1-4,7,11H2,(H,31,32)/t14-,21?/m1/s1. The summed E-state index contributed by atoms with van der Waals surface area (Å²) in [7, 11) is 0. The molecule has 2 fully saturated rings. The van der Waals surface area contributed by atoms with E-state index in [1.165, 1.54) is 11.0 Å². The average molecular weight is 490 g/mol. The SMILES string of the molecule is O=C(O)c1cc(C2CC2)c(O[C@@H]2CCCN(C(c3ccc(F)cc3Cl)C(F)(F)F)C2)cc1F. The van der Waals surface area contributed by atoms with Crippen molar-refractivity contribution >= 4 is 17.6 Å². The van der Waals surface area contributed by atoms with Gasteiger partial charge >= 0.3 is 12.1 Å². The lowest BCUT2D eigenvalue weighted by molar-refractivity contribution is -0.192. The van der Waals surface area contributed by atoms with Crippen molar-refractivity contribution < 1.29 is 36.6 Å². The highest BCUT2D eigenvalue weighted by Gasteiger charge is 2.47. The third kappa shape index (κ3) is 5.24. The van der Waals surface area contributed by atoms with Crippen molar-refractivity contribution in [3.63, 3.8) is 0 Å². The topological polar surface area (TPSA) is 49.8 Å². The van der Waals surface area contributed by atoms with Gasteiger partial charge in [-0.1, -0.05) is 17.7 Å². The molecule has 1 aliphatic carbocycles. The molecule has 2 aromatic carbocycles. The van der Waals surface area contributed by atoms with Crippen LogP contribution in [-0.2, 0) is 0 Å². The largest absolute Gasteiger partial charge is 0.489 e. The first-order valence-electron chi connectivity index (χ1n) is 10.5. The lowest BCUT2D eigenvalue weighted by atomic mass is 9.99. The molecular weight excluding hydrogens is 469 g/mol. The molecule has 4 nitrogen and oxygen atoms in total. The number of alkyl halides is 3. The number of likely N-dealkylation sites (tertiary alicyclic amines) is 1. The molecule has 1 saturated heterocycles. The number of aromatic carboxylic acids is 1. The van der Waals surface area contributed by atoms with E-state index >= 15 is 0 Å². The number of carbonyl (C=O) groups is 1. The Labute approximate surface area is 191 Å².